The van der Waals surface area contributed by atoms with E-state index in [4.69, 9.17) is 4.74 Å². The van der Waals surface area contributed by atoms with Gasteiger partial charge in [-0.05, 0) is 80.2 Å². The van der Waals surface area contributed by atoms with Crippen molar-refractivity contribution in [2.24, 2.45) is 0 Å². The van der Waals surface area contributed by atoms with E-state index in [0.29, 0.717) is 0 Å². The van der Waals surface area contributed by atoms with Crippen molar-refractivity contribution in [1.82, 2.24) is 4.57 Å². The van der Waals surface area contributed by atoms with Gasteiger partial charge in [0.25, 0.3) is 0 Å². The minimum atomic E-state index is -0.293. The maximum absolute atomic E-state index is 6.45. The Hall–Kier alpha value is -3.00. The first-order chi connectivity index (χ1) is 15.0. The average molecular weight is 424 g/mol. The number of fused-ring (bicyclic) bond motifs is 5. The van der Waals surface area contributed by atoms with E-state index >= 15 is 0 Å². The maximum atomic E-state index is 6.45. The smallest absolute Gasteiger partial charge is 0.132 e. The average Bonchev–Trinajstić information content (AvgIpc) is 3.01. The van der Waals surface area contributed by atoms with Crippen molar-refractivity contribution in [3.8, 4) is 5.75 Å². The van der Waals surface area contributed by atoms with Crippen LogP contribution in [0, 0.1) is 13.8 Å². The monoisotopic (exact) mass is 423 g/mol. The Morgan fingerprint density at radius 3 is 2.31 bits per heavy atom. The van der Waals surface area contributed by atoms with Crippen LogP contribution in [0.15, 0.2) is 54.6 Å². The van der Waals surface area contributed by atoms with Gasteiger partial charge in [-0.15, -0.1) is 0 Å². The fourth-order valence-corrected chi connectivity index (χ4v) is 4.80. The molecule has 0 unspecified atom stereocenters. The number of benzene rings is 3. The van der Waals surface area contributed by atoms with Gasteiger partial charge in [0.1, 0.15) is 11.4 Å². The lowest BCUT2D eigenvalue weighted by atomic mass is 9.86. The molecule has 32 heavy (non-hydrogen) atoms. The molecular weight excluding hydrogens is 390 g/mol. The summed E-state index contributed by atoms with van der Waals surface area (Å²) in [5, 5.41) is 2.63. The summed E-state index contributed by atoms with van der Waals surface area (Å²) in [5.74, 6) is 1.01. The Morgan fingerprint density at radius 2 is 1.62 bits per heavy atom. The second kappa shape index (κ2) is 7.00. The van der Waals surface area contributed by atoms with Crippen molar-refractivity contribution in [2.45, 2.75) is 66.0 Å². The van der Waals surface area contributed by atoms with Crippen LogP contribution in [0.5, 0.6) is 5.75 Å². The molecule has 2 heteroatoms. The molecule has 0 radical (unpaired) electrons. The standard InChI is InChI=1S/C30H33NO/c1-19-8-10-21(11-9-19)18-31-26-13-12-22(29(3,4)5)17-24(26)25-16-20(2)28-23(27(25)31)14-15-30(6,7)32-28/h8-17H,18H2,1-7H3. The van der Waals surface area contributed by atoms with Gasteiger partial charge in [-0.25, -0.2) is 0 Å². The van der Waals surface area contributed by atoms with Gasteiger partial charge >= 0.3 is 0 Å². The third-order valence-corrected chi connectivity index (χ3v) is 6.67. The largest absolute Gasteiger partial charge is 0.483 e. The van der Waals surface area contributed by atoms with E-state index in [9.17, 15) is 0 Å². The third kappa shape index (κ3) is 3.43. The Labute approximate surface area is 191 Å². The van der Waals surface area contributed by atoms with Crippen molar-refractivity contribution in [2.75, 3.05) is 0 Å². The molecule has 1 aliphatic rings. The van der Waals surface area contributed by atoms with Crippen LogP contribution in [0.25, 0.3) is 27.9 Å². The van der Waals surface area contributed by atoms with E-state index in [-0.39, 0.29) is 11.0 Å². The van der Waals surface area contributed by atoms with Gasteiger partial charge < -0.3 is 9.30 Å². The maximum Gasteiger partial charge on any atom is 0.132 e. The van der Waals surface area contributed by atoms with E-state index < -0.39 is 0 Å². The number of hydrogen-bond donors (Lipinski definition) is 0. The summed E-state index contributed by atoms with van der Waals surface area (Å²) in [6.45, 7) is 16.2. The number of rotatable bonds is 2. The van der Waals surface area contributed by atoms with E-state index in [1.165, 1.54) is 49.6 Å². The molecule has 0 amide bonds. The zero-order chi connectivity index (χ0) is 22.8. The molecule has 0 saturated heterocycles. The van der Waals surface area contributed by atoms with Crippen LogP contribution < -0.4 is 4.74 Å². The van der Waals surface area contributed by atoms with Gasteiger partial charge in [-0.3, -0.25) is 0 Å². The van der Waals surface area contributed by atoms with Gasteiger partial charge in [-0.1, -0.05) is 56.7 Å². The molecule has 0 bridgehead atoms. The SMILES string of the molecule is Cc1ccc(Cn2c3ccc(C(C)(C)C)cc3c3cc(C)c4c(c32)C=CC(C)(C)O4)cc1. The number of nitrogens with zero attached hydrogens (tertiary/aromatic N) is 1. The Balaban J connectivity index is 1.85. The van der Waals surface area contributed by atoms with Gasteiger partial charge in [0.2, 0.25) is 0 Å². The highest BCUT2D eigenvalue weighted by Gasteiger charge is 2.27. The van der Waals surface area contributed by atoms with Crippen LogP contribution in [-0.2, 0) is 12.0 Å². The molecule has 0 N–H and O–H groups in total. The fraction of sp³-hybridized carbons (Fsp3) is 0.333. The molecule has 1 aromatic heterocycles. The second-order valence-electron chi connectivity index (χ2n) is 10.9. The lowest BCUT2D eigenvalue weighted by Gasteiger charge is -2.29. The van der Waals surface area contributed by atoms with Crippen LogP contribution >= 0.6 is 0 Å². The number of ether oxygens (including phenoxy) is 1. The molecule has 0 fully saturated rings. The predicted molar refractivity (Wildman–Crippen MR) is 137 cm³/mol. The molecule has 1 aliphatic heterocycles. The van der Waals surface area contributed by atoms with Crippen LogP contribution in [0.4, 0.5) is 0 Å². The molecule has 4 aromatic rings. The minimum Gasteiger partial charge on any atom is -0.483 e. The molecule has 0 aliphatic carbocycles. The molecule has 0 saturated carbocycles. The lowest BCUT2D eigenvalue weighted by Crippen LogP contribution is -2.28. The van der Waals surface area contributed by atoms with Gasteiger partial charge in [0.05, 0.1) is 5.52 Å². The topological polar surface area (TPSA) is 14.2 Å². The highest BCUT2D eigenvalue weighted by molar-refractivity contribution is 6.12. The Morgan fingerprint density at radius 1 is 0.906 bits per heavy atom. The summed E-state index contributed by atoms with van der Waals surface area (Å²) in [6.07, 6.45) is 4.45. The summed E-state index contributed by atoms with van der Waals surface area (Å²) in [4.78, 5) is 0. The molecule has 2 nitrogen and oxygen atoms in total. The molecule has 2 heterocycles. The van der Waals surface area contributed by atoms with Gasteiger partial charge in [0.15, 0.2) is 0 Å². The first-order valence-corrected chi connectivity index (χ1v) is 11.6. The van der Waals surface area contributed by atoms with E-state index in [0.717, 1.165) is 12.3 Å². The van der Waals surface area contributed by atoms with Gasteiger partial charge in [0, 0.05) is 28.4 Å². The molecule has 5 rings (SSSR count). The second-order valence-corrected chi connectivity index (χ2v) is 10.9. The zero-order valence-electron chi connectivity index (χ0n) is 20.3. The number of aromatic nitrogens is 1. The highest BCUT2D eigenvalue weighted by Crippen LogP contribution is 2.43. The normalized spacial score (nSPS) is 15.2. The summed E-state index contributed by atoms with van der Waals surface area (Å²) in [5.41, 5.74) is 8.71. The van der Waals surface area contributed by atoms with E-state index in [1.807, 2.05) is 0 Å². The van der Waals surface area contributed by atoms with Crippen LogP contribution in [0.1, 0.15) is 62.4 Å². The molecule has 164 valence electrons. The van der Waals surface area contributed by atoms with Crippen molar-refractivity contribution >= 4 is 27.9 Å². The van der Waals surface area contributed by atoms with E-state index in [1.54, 1.807) is 0 Å². The van der Waals surface area contributed by atoms with Gasteiger partial charge in [-0.2, -0.15) is 0 Å². The van der Waals surface area contributed by atoms with Crippen molar-refractivity contribution in [3.63, 3.8) is 0 Å². The van der Waals surface area contributed by atoms with Crippen molar-refractivity contribution in [1.29, 1.82) is 0 Å². The van der Waals surface area contributed by atoms with Crippen LogP contribution in [-0.4, -0.2) is 10.2 Å². The van der Waals surface area contributed by atoms with E-state index in [2.05, 4.69) is 114 Å². The third-order valence-electron chi connectivity index (χ3n) is 6.67. The zero-order valence-corrected chi connectivity index (χ0v) is 20.3. The summed E-state index contributed by atoms with van der Waals surface area (Å²) in [6, 6.07) is 18.2. The Kier molecular flexibility index (Phi) is 4.57. The first kappa shape index (κ1) is 20.9. The van der Waals surface area contributed by atoms with Crippen LogP contribution in [0.2, 0.25) is 0 Å². The molecule has 3 aromatic carbocycles. The molecule has 0 spiro atoms. The first-order valence-electron chi connectivity index (χ1n) is 11.6. The highest BCUT2D eigenvalue weighted by atomic mass is 16.5. The summed E-state index contributed by atoms with van der Waals surface area (Å²) < 4.78 is 8.93. The molecule has 0 atom stereocenters. The fourth-order valence-electron chi connectivity index (χ4n) is 4.80. The summed E-state index contributed by atoms with van der Waals surface area (Å²) in [7, 11) is 0. The summed E-state index contributed by atoms with van der Waals surface area (Å²) >= 11 is 0. The van der Waals surface area contributed by atoms with Crippen molar-refractivity contribution in [3.05, 3.63) is 82.4 Å². The Bertz CT molecular complexity index is 1380. The quantitative estimate of drug-likeness (QED) is 0.319. The molecular formula is C30H33NO. The lowest BCUT2D eigenvalue weighted by molar-refractivity contribution is 0.158. The minimum absolute atomic E-state index is 0.107. The van der Waals surface area contributed by atoms with Crippen molar-refractivity contribution < 1.29 is 4.74 Å². The number of hydrogen-bond acceptors (Lipinski definition) is 1. The number of aryl methyl sites for hydroxylation is 2. The predicted octanol–water partition coefficient (Wildman–Crippen LogP) is 7.94. The van der Waals surface area contributed by atoms with Crippen LogP contribution in [0.3, 0.4) is 0 Å².